The minimum atomic E-state index is -2.03. The van der Waals surface area contributed by atoms with Crippen molar-refractivity contribution >= 4 is 0 Å². The zero-order chi connectivity index (χ0) is 9.72. The number of halogens is 1. The Hall–Kier alpha value is -0.270. The molecule has 0 saturated heterocycles. The van der Waals surface area contributed by atoms with E-state index in [4.69, 9.17) is 25.5 Å². The second kappa shape index (κ2) is 5.39. The molecule has 0 saturated carbocycles. The number of aliphatic hydroxyl groups is 5. The van der Waals surface area contributed by atoms with Crippen LogP contribution in [0.4, 0.5) is 4.39 Å². The van der Waals surface area contributed by atoms with E-state index in [0.29, 0.717) is 0 Å². The van der Waals surface area contributed by atoms with Gasteiger partial charge in [-0.05, 0) is 0 Å². The molecule has 0 unspecified atom stereocenters. The third kappa shape index (κ3) is 3.00. The molecule has 0 aliphatic rings. The zero-order valence-corrected chi connectivity index (χ0v) is 6.34. The minimum absolute atomic E-state index is 0.781. The van der Waals surface area contributed by atoms with Crippen molar-refractivity contribution in [2.24, 2.45) is 0 Å². The van der Waals surface area contributed by atoms with Gasteiger partial charge in [0.05, 0.1) is 13.2 Å². The van der Waals surface area contributed by atoms with Crippen LogP contribution in [0.5, 0.6) is 0 Å². The Balaban J connectivity index is 3.99. The minimum Gasteiger partial charge on any atom is -0.394 e. The number of aliphatic hydroxyl groups excluding tert-OH is 5. The van der Waals surface area contributed by atoms with Crippen LogP contribution in [-0.4, -0.2) is 63.2 Å². The van der Waals surface area contributed by atoms with Crippen LogP contribution < -0.4 is 0 Å². The van der Waals surface area contributed by atoms with Crippen LogP contribution in [0.3, 0.4) is 0 Å². The van der Waals surface area contributed by atoms with Crippen LogP contribution in [0.2, 0.25) is 0 Å². The zero-order valence-electron chi connectivity index (χ0n) is 6.34. The van der Waals surface area contributed by atoms with E-state index in [1.165, 1.54) is 0 Å². The van der Waals surface area contributed by atoms with Crippen LogP contribution >= 0.6 is 0 Å². The van der Waals surface area contributed by atoms with Crippen LogP contribution in [0.15, 0.2) is 0 Å². The summed E-state index contributed by atoms with van der Waals surface area (Å²) in [6.45, 7) is -1.73. The third-order valence-corrected chi connectivity index (χ3v) is 1.48. The molecule has 0 spiro atoms. The molecule has 74 valence electrons. The van der Waals surface area contributed by atoms with Crippen molar-refractivity contribution in [3.05, 3.63) is 0 Å². The molecule has 0 rings (SSSR count). The lowest BCUT2D eigenvalue weighted by atomic mass is 10.1. The van der Waals surface area contributed by atoms with E-state index in [1.807, 2.05) is 0 Å². The van der Waals surface area contributed by atoms with Gasteiger partial charge in [0.15, 0.2) is 6.17 Å². The average Bonchev–Trinajstić information content (AvgIpc) is 2.12. The van der Waals surface area contributed by atoms with Crippen molar-refractivity contribution in [1.29, 1.82) is 0 Å². The monoisotopic (exact) mass is 184 g/mol. The van der Waals surface area contributed by atoms with E-state index >= 15 is 0 Å². The lowest BCUT2D eigenvalue weighted by molar-refractivity contribution is -0.106. The summed E-state index contributed by atoms with van der Waals surface area (Å²) < 4.78 is 12.4. The predicted molar refractivity (Wildman–Crippen MR) is 37.1 cm³/mol. The summed E-state index contributed by atoms with van der Waals surface area (Å²) in [6.07, 6.45) is -7.32. The summed E-state index contributed by atoms with van der Waals surface area (Å²) >= 11 is 0. The van der Waals surface area contributed by atoms with Gasteiger partial charge in [0.2, 0.25) is 0 Å². The lowest BCUT2D eigenvalue weighted by Crippen LogP contribution is -2.45. The Morgan fingerprint density at radius 2 is 1.42 bits per heavy atom. The van der Waals surface area contributed by atoms with Gasteiger partial charge in [0.1, 0.15) is 18.3 Å². The smallest absolute Gasteiger partial charge is 0.151 e. The van der Waals surface area contributed by atoms with Gasteiger partial charge in [-0.1, -0.05) is 0 Å². The van der Waals surface area contributed by atoms with Crippen LogP contribution in [-0.2, 0) is 0 Å². The van der Waals surface area contributed by atoms with Crippen LogP contribution in [0.1, 0.15) is 0 Å². The van der Waals surface area contributed by atoms with Crippen LogP contribution in [0, 0.1) is 0 Å². The van der Waals surface area contributed by atoms with Gasteiger partial charge >= 0.3 is 0 Å². The maximum Gasteiger partial charge on any atom is 0.151 e. The first-order valence-electron chi connectivity index (χ1n) is 3.44. The molecule has 4 atom stereocenters. The first-order chi connectivity index (χ1) is 5.54. The van der Waals surface area contributed by atoms with Gasteiger partial charge in [-0.3, -0.25) is 0 Å². The van der Waals surface area contributed by atoms with Crippen molar-refractivity contribution in [3.8, 4) is 0 Å². The molecule has 0 fully saturated rings. The molecular formula is C6H13FO5. The number of hydrogen-bond acceptors (Lipinski definition) is 5. The maximum atomic E-state index is 12.4. The summed E-state index contributed by atoms with van der Waals surface area (Å²) in [7, 11) is 0. The summed E-state index contributed by atoms with van der Waals surface area (Å²) in [4.78, 5) is 0. The van der Waals surface area contributed by atoms with Crippen molar-refractivity contribution in [3.63, 3.8) is 0 Å². The SMILES string of the molecule is OC[C@@H](O)[C@@H](O)[C@H](O)[C@@H](F)CO. The largest absolute Gasteiger partial charge is 0.394 e. The quantitative estimate of drug-likeness (QED) is 0.322. The van der Waals surface area contributed by atoms with Crippen molar-refractivity contribution in [2.75, 3.05) is 13.2 Å². The fourth-order valence-electron chi connectivity index (χ4n) is 0.658. The summed E-state index contributed by atoms with van der Waals surface area (Å²) in [5, 5.41) is 43.0. The first-order valence-corrected chi connectivity index (χ1v) is 3.44. The number of rotatable bonds is 5. The van der Waals surface area contributed by atoms with Gasteiger partial charge in [-0.2, -0.15) is 0 Å². The molecular weight excluding hydrogens is 171 g/mol. The molecule has 12 heavy (non-hydrogen) atoms. The highest BCUT2D eigenvalue weighted by Gasteiger charge is 2.30. The normalized spacial score (nSPS) is 21.5. The Kier molecular flexibility index (Phi) is 5.27. The Labute approximate surface area is 68.7 Å². The topological polar surface area (TPSA) is 101 Å². The molecule has 6 heteroatoms. The highest BCUT2D eigenvalue weighted by Crippen LogP contribution is 2.07. The number of alkyl halides is 1. The second-order valence-electron chi connectivity index (χ2n) is 2.43. The molecule has 0 heterocycles. The van der Waals surface area contributed by atoms with Gasteiger partial charge in [0.25, 0.3) is 0 Å². The van der Waals surface area contributed by atoms with E-state index < -0.39 is 37.7 Å². The van der Waals surface area contributed by atoms with Gasteiger partial charge in [0, 0.05) is 0 Å². The molecule has 5 N–H and O–H groups in total. The summed E-state index contributed by atoms with van der Waals surface area (Å²) in [6, 6.07) is 0. The van der Waals surface area contributed by atoms with E-state index in [0.717, 1.165) is 0 Å². The average molecular weight is 184 g/mol. The van der Waals surface area contributed by atoms with Crippen molar-refractivity contribution in [1.82, 2.24) is 0 Å². The predicted octanol–water partition coefficient (Wildman–Crippen LogP) is -2.61. The van der Waals surface area contributed by atoms with E-state index in [2.05, 4.69) is 0 Å². The van der Waals surface area contributed by atoms with E-state index in [9.17, 15) is 4.39 Å². The van der Waals surface area contributed by atoms with Gasteiger partial charge in [-0.25, -0.2) is 4.39 Å². The fourth-order valence-corrected chi connectivity index (χ4v) is 0.658. The van der Waals surface area contributed by atoms with Crippen LogP contribution in [0.25, 0.3) is 0 Å². The number of hydrogen-bond donors (Lipinski definition) is 5. The standard InChI is InChI=1S/C6H13FO5/c7-3(1-8)5(11)6(12)4(10)2-9/h3-6,8-12H,1-2H2/t3-,4+,5+,6+/m0/s1. The summed E-state index contributed by atoms with van der Waals surface area (Å²) in [5.41, 5.74) is 0. The Bertz CT molecular complexity index is 109. The molecule has 5 nitrogen and oxygen atoms in total. The highest BCUT2D eigenvalue weighted by atomic mass is 19.1. The molecule has 0 bridgehead atoms. The molecule has 0 aliphatic carbocycles. The molecule has 0 amide bonds. The van der Waals surface area contributed by atoms with Gasteiger partial charge in [-0.15, -0.1) is 0 Å². The van der Waals surface area contributed by atoms with Gasteiger partial charge < -0.3 is 25.5 Å². The molecule has 0 radical (unpaired) electrons. The van der Waals surface area contributed by atoms with Crippen molar-refractivity contribution in [2.45, 2.75) is 24.5 Å². The molecule has 0 aromatic rings. The Morgan fingerprint density at radius 3 is 1.75 bits per heavy atom. The lowest BCUT2D eigenvalue weighted by Gasteiger charge is -2.22. The second-order valence-corrected chi connectivity index (χ2v) is 2.43. The first kappa shape index (κ1) is 11.7. The van der Waals surface area contributed by atoms with E-state index in [1.54, 1.807) is 0 Å². The van der Waals surface area contributed by atoms with Crippen molar-refractivity contribution < 1.29 is 29.9 Å². The third-order valence-electron chi connectivity index (χ3n) is 1.48. The van der Waals surface area contributed by atoms with E-state index in [-0.39, 0.29) is 0 Å². The fraction of sp³-hybridized carbons (Fsp3) is 1.00. The molecule has 0 aromatic heterocycles. The summed E-state index contributed by atoms with van der Waals surface area (Å²) in [5.74, 6) is 0. The maximum absolute atomic E-state index is 12.4. The highest BCUT2D eigenvalue weighted by molar-refractivity contribution is 4.80. The molecule has 0 aliphatic heterocycles. The molecule has 0 aromatic carbocycles. The Morgan fingerprint density at radius 1 is 0.917 bits per heavy atom.